The summed E-state index contributed by atoms with van der Waals surface area (Å²) in [6.45, 7) is 4.32. The normalized spacial score (nSPS) is 20.1. The van der Waals surface area contributed by atoms with Crippen LogP contribution in [0.15, 0.2) is 24.4 Å². The Morgan fingerprint density at radius 2 is 1.97 bits per heavy atom. The van der Waals surface area contributed by atoms with Crippen LogP contribution in [0.5, 0.6) is 0 Å². The van der Waals surface area contributed by atoms with Gasteiger partial charge in [-0.1, -0.05) is 12.5 Å². The molecule has 2 aliphatic rings. The third-order valence-corrected chi connectivity index (χ3v) is 8.19. The number of hydrogen-bond donors (Lipinski definition) is 0. The van der Waals surface area contributed by atoms with Crippen molar-refractivity contribution in [3.8, 4) is 0 Å². The van der Waals surface area contributed by atoms with Crippen molar-refractivity contribution < 1.29 is 8.42 Å². The van der Waals surface area contributed by atoms with Crippen molar-refractivity contribution >= 4 is 16.0 Å². The van der Waals surface area contributed by atoms with Crippen LogP contribution in [0.2, 0.25) is 0 Å². The quantitative estimate of drug-likeness (QED) is 0.681. The number of anilines is 1. The Bertz CT molecular complexity index is 1010. The number of fused-ring (bicyclic) bond motifs is 1. The average Bonchev–Trinajstić information content (AvgIpc) is 2.78. The maximum Gasteiger partial charge on any atom is 0.282 e. The molecule has 4 heterocycles. The van der Waals surface area contributed by atoms with E-state index < -0.39 is 10.2 Å². The van der Waals surface area contributed by atoms with Crippen LogP contribution in [0.4, 0.5) is 5.82 Å². The van der Waals surface area contributed by atoms with Gasteiger partial charge in [-0.3, -0.25) is 4.98 Å². The van der Waals surface area contributed by atoms with E-state index in [-0.39, 0.29) is 6.04 Å². The molecule has 0 aromatic carbocycles. The highest BCUT2D eigenvalue weighted by molar-refractivity contribution is 7.86. The van der Waals surface area contributed by atoms with Crippen molar-refractivity contribution in [2.45, 2.75) is 51.5 Å². The fraction of sp³-hybridized carbons (Fsp3) is 0.591. The molecule has 2 aliphatic heterocycles. The van der Waals surface area contributed by atoms with Crippen molar-refractivity contribution in [3.63, 3.8) is 0 Å². The molecule has 1 fully saturated rings. The first kappa shape index (κ1) is 22.1. The number of aryl methyl sites for hydroxylation is 1. The number of pyridine rings is 1. The summed E-state index contributed by atoms with van der Waals surface area (Å²) in [5.41, 5.74) is 3.22. The SMILES string of the molecule is Cc1nc(C2CCCCN2S(=O)(=O)N(C)C)nc2c1CCCN2CCc1ccccn1. The third kappa shape index (κ3) is 4.58. The molecule has 1 atom stereocenters. The predicted octanol–water partition coefficient (Wildman–Crippen LogP) is 2.51. The Hall–Kier alpha value is -2.10. The molecule has 2 aromatic rings. The van der Waals surface area contributed by atoms with Gasteiger partial charge >= 0.3 is 0 Å². The van der Waals surface area contributed by atoms with Crippen LogP contribution in [-0.4, -0.2) is 65.7 Å². The lowest BCUT2D eigenvalue weighted by atomic mass is 10.0. The molecular formula is C22H32N6O2S. The number of aromatic nitrogens is 3. The fourth-order valence-corrected chi connectivity index (χ4v) is 5.82. The molecule has 0 spiro atoms. The predicted molar refractivity (Wildman–Crippen MR) is 121 cm³/mol. The molecule has 0 saturated carbocycles. The number of rotatable bonds is 6. The van der Waals surface area contributed by atoms with Gasteiger partial charge in [-0.25, -0.2) is 9.97 Å². The molecule has 0 radical (unpaired) electrons. The molecule has 9 heteroatoms. The van der Waals surface area contributed by atoms with E-state index in [1.165, 1.54) is 9.87 Å². The first-order chi connectivity index (χ1) is 14.9. The molecule has 4 rings (SSSR count). The van der Waals surface area contributed by atoms with Crippen LogP contribution in [0.1, 0.15) is 54.5 Å². The maximum absolute atomic E-state index is 12.9. The smallest absolute Gasteiger partial charge is 0.282 e. The lowest BCUT2D eigenvalue weighted by Crippen LogP contribution is -2.45. The number of hydrogen-bond acceptors (Lipinski definition) is 6. The van der Waals surface area contributed by atoms with Crippen LogP contribution in [0.3, 0.4) is 0 Å². The molecule has 1 unspecified atom stereocenters. The fourth-order valence-electron chi connectivity index (χ4n) is 4.52. The van der Waals surface area contributed by atoms with Gasteiger partial charge in [0.1, 0.15) is 11.6 Å². The zero-order valence-electron chi connectivity index (χ0n) is 18.7. The van der Waals surface area contributed by atoms with Gasteiger partial charge in [-0.05, 0) is 44.7 Å². The summed E-state index contributed by atoms with van der Waals surface area (Å²) in [5, 5.41) is 0. The van der Waals surface area contributed by atoms with E-state index in [0.717, 1.165) is 68.8 Å². The molecule has 0 N–H and O–H groups in total. The Labute approximate surface area is 185 Å². The minimum Gasteiger partial charge on any atom is -0.356 e. The molecular weight excluding hydrogens is 412 g/mol. The van der Waals surface area contributed by atoms with Gasteiger partial charge in [-0.15, -0.1) is 0 Å². The summed E-state index contributed by atoms with van der Waals surface area (Å²) in [5.74, 6) is 1.60. The topological polar surface area (TPSA) is 82.5 Å². The second kappa shape index (κ2) is 9.18. The number of piperidine rings is 1. The second-order valence-electron chi connectivity index (χ2n) is 8.54. The van der Waals surface area contributed by atoms with Gasteiger partial charge in [0.25, 0.3) is 10.2 Å². The van der Waals surface area contributed by atoms with Gasteiger partial charge < -0.3 is 4.90 Å². The lowest BCUT2D eigenvalue weighted by Gasteiger charge is -2.37. The van der Waals surface area contributed by atoms with Crippen molar-refractivity contribution in [3.05, 3.63) is 47.2 Å². The molecule has 0 aliphatic carbocycles. The lowest BCUT2D eigenvalue weighted by molar-refractivity contribution is 0.234. The largest absolute Gasteiger partial charge is 0.356 e. The Kier molecular flexibility index (Phi) is 6.55. The third-order valence-electron chi connectivity index (χ3n) is 6.24. The number of nitrogens with zero attached hydrogens (tertiary/aromatic N) is 6. The average molecular weight is 445 g/mol. The standard InChI is InChI=1S/C22H32N6O2S/c1-17-19-10-8-14-27(16-12-18-9-4-6-13-23-18)22(19)25-21(24-17)20-11-5-7-15-28(20)31(29,30)26(2)3/h4,6,9,13,20H,5,7-8,10-12,14-16H2,1-3H3. The van der Waals surface area contributed by atoms with Crippen molar-refractivity contribution in [2.75, 3.05) is 38.6 Å². The molecule has 2 aromatic heterocycles. The highest BCUT2D eigenvalue weighted by Crippen LogP contribution is 2.35. The van der Waals surface area contributed by atoms with Crippen molar-refractivity contribution in [1.29, 1.82) is 0 Å². The zero-order chi connectivity index (χ0) is 22.0. The van der Waals surface area contributed by atoms with Crippen LogP contribution >= 0.6 is 0 Å². The van der Waals surface area contributed by atoms with Gasteiger partial charge in [0.15, 0.2) is 0 Å². The minimum absolute atomic E-state index is 0.315. The van der Waals surface area contributed by atoms with E-state index in [9.17, 15) is 8.42 Å². The van der Waals surface area contributed by atoms with Gasteiger partial charge in [0, 0.05) is 63.3 Å². The molecule has 0 amide bonds. The van der Waals surface area contributed by atoms with Gasteiger partial charge in [0.05, 0.1) is 6.04 Å². The molecule has 1 saturated heterocycles. The van der Waals surface area contributed by atoms with Gasteiger partial charge in [0.2, 0.25) is 0 Å². The van der Waals surface area contributed by atoms with Gasteiger partial charge in [-0.2, -0.15) is 17.0 Å². The molecule has 8 nitrogen and oxygen atoms in total. The van der Waals surface area contributed by atoms with Crippen LogP contribution < -0.4 is 4.90 Å². The second-order valence-corrected chi connectivity index (χ2v) is 10.6. The Morgan fingerprint density at radius 3 is 2.71 bits per heavy atom. The first-order valence-corrected chi connectivity index (χ1v) is 12.5. The summed E-state index contributed by atoms with van der Waals surface area (Å²) >= 11 is 0. The molecule has 0 bridgehead atoms. The minimum atomic E-state index is -3.53. The Morgan fingerprint density at radius 1 is 1.13 bits per heavy atom. The highest BCUT2D eigenvalue weighted by atomic mass is 32.2. The summed E-state index contributed by atoms with van der Waals surface area (Å²) in [6.07, 6.45) is 7.31. The highest BCUT2D eigenvalue weighted by Gasteiger charge is 2.37. The summed E-state index contributed by atoms with van der Waals surface area (Å²) in [6, 6.07) is 5.68. The van der Waals surface area contributed by atoms with E-state index in [1.807, 2.05) is 31.3 Å². The summed E-state index contributed by atoms with van der Waals surface area (Å²) in [4.78, 5) is 16.6. The summed E-state index contributed by atoms with van der Waals surface area (Å²) < 4.78 is 28.8. The molecule has 168 valence electrons. The molecule has 31 heavy (non-hydrogen) atoms. The zero-order valence-corrected chi connectivity index (χ0v) is 19.5. The van der Waals surface area contributed by atoms with E-state index in [0.29, 0.717) is 12.4 Å². The summed E-state index contributed by atoms with van der Waals surface area (Å²) in [7, 11) is -0.361. The first-order valence-electron chi connectivity index (χ1n) is 11.1. The van der Waals surface area contributed by atoms with Crippen LogP contribution in [0.25, 0.3) is 0 Å². The van der Waals surface area contributed by atoms with E-state index in [1.54, 1.807) is 18.4 Å². The maximum atomic E-state index is 12.9. The van der Waals surface area contributed by atoms with Crippen LogP contribution in [0, 0.1) is 6.92 Å². The van der Waals surface area contributed by atoms with E-state index in [2.05, 4.69) is 9.88 Å². The van der Waals surface area contributed by atoms with E-state index in [4.69, 9.17) is 9.97 Å². The monoisotopic (exact) mass is 444 g/mol. The van der Waals surface area contributed by atoms with E-state index >= 15 is 0 Å². The van der Waals surface area contributed by atoms with Crippen LogP contribution in [-0.2, 0) is 23.1 Å². The Balaban J connectivity index is 1.65. The van der Waals surface area contributed by atoms with Crippen molar-refractivity contribution in [2.24, 2.45) is 0 Å². The van der Waals surface area contributed by atoms with Crippen molar-refractivity contribution in [1.82, 2.24) is 23.6 Å².